The van der Waals surface area contributed by atoms with Gasteiger partial charge in [-0.25, -0.2) is 4.79 Å². The first-order valence-corrected chi connectivity index (χ1v) is 9.68. The van der Waals surface area contributed by atoms with Crippen LogP contribution in [0, 0.1) is 11.8 Å². The van der Waals surface area contributed by atoms with Gasteiger partial charge in [-0.3, -0.25) is 0 Å². The molecule has 1 aromatic carbocycles. The summed E-state index contributed by atoms with van der Waals surface area (Å²) < 4.78 is 11.2. The highest BCUT2D eigenvalue weighted by atomic mass is 16.5. The third-order valence-electron chi connectivity index (χ3n) is 5.89. The second-order valence-electron chi connectivity index (χ2n) is 7.59. The van der Waals surface area contributed by atoms with Crippen LogP contribution in [-0.2, 0) is 4.74 Å². The van der Waals surface area contributed by atoms with Gasteiger partial charge in [0, 0.05) is 30.8 Å². The number of nitrogens with zero attached hydrogens (tertiary/aromatic N) is 1. The normalized spacial score (nSPS) is 28.6. The highest BCUT2D eigenvalue weighted by Crippen LogP contribution is 2.36. The Morgan fingerprint density at radius 3 is 2.80 bits per heavy atom. The van der Waals surface area contributed by atoms with Crippen molar-refractivity contribution in [2.75, 3.05) is 31.7 Å². The van der Waals surface area contributed by atoms with Gasteiger partial charge < -0.3 is 19.7 Å². The summed E-state index contributed by atoms with van der Waals surface area (Å²) in [5.74, 6) is 2.06. The van der Waals surface area contributed by atoms with E-state index in [9.17, 15) is 4.79 Å². The van der Waals surface area contributed by atoms with Crippen molar-refractivity contribution in [1.82, 2.24) is 4.90 Å². The molecule has 1 saturated carbocycles. The topological polar surface area (TPSA) is 50.8 Å². The van der Waals surface area contributed by atoms with Crippen molar-refractivity contribution in [2.45, 2.75) is 44.6 Å². The highest BCUT2D eigenvalue weighted by Gasteiger charge is 2.38. The molecule has 1 N–H and O–H groups in total. The molecule has 1 aliphatic carbocycles. The quantitative estimate of drug-likeness (QED) is 0.901. The van der Waals surface area contributed by atoms with Crippen molar-refractivity contribution in [1.29, 1.82) is 0 Å². The third kappa shape index (κ3) is 3.92. The van der Waals surface area contributed by atoms with E-state index in [1.807, 2.05) is 29.2 Å². The van der Waals surface area contributed by atoms with Crippen molar-refractivity contribution < 1.29 is 14.3 Å². The van der Waals surface area contributed by atoms with E-state index in [1.165, 1.54) is 19.3 Å². The highest BCUT2D eigenvalue weighted by molar-refractivity contribution is 5.89. The summed E-state index contributed by atoms with van der Waals surface area (Å²) in [5.41, 5.74) is 0.834. The van der Waals surface area contributed by atoms with E-state index in [4.69, 9.17) is 9.47 Å². The minimum Gasteiger partial charge on any atom is -0.493 e. The van der Waals surface area contributed by atoms with Crippen LogP contribution in [0.5, 0.6) is 5.75 Å². The molecule has 4 rings (SSSR count). The maximum Gasteiger partial charge on any atom is 0.322 e. The molecular weight excluding hydrogens is 316 g/mol. The number of amides is 2. The Kier molecular flexibility index (Phi) is 5.11. The van der Waals surface area contributed by atoms with Gasteiger partial charge >= 0.3 is 6.03 Å². The molecule has 2 amide bonds. The minimum absolute atomic E-state index is 0.0474. The van der Waals surface area contributed by atoms with Crippen LogP contribution in [0.25, 0.3) is 0 Å². The Morgan fingerprint density at radius 2 is 2.00 bits per heavy atom. The number of rotatable bonds is 4. The van der Waals surface area contributed by atoms with Crippen LogP contribution in [0.2, 0.25) is 0 Å². The number of hydrogen-bond donors (Lipinski definition) is 1. The smallest absolute Gasteiger partial charge is 0.322 e. The fourth-order valence-electron chi connectivity index (χ4n) is 4.42. The first kappa shape index (κ1) is 16.7. The zero-order valence-corrected chi connectivity index (χ0v) is 14.8. The van der Waals surface area contributed by atoms with E-state index in [0.29, 0.717) is 18.6 Å². The second kappa shape index (κ2) is 7.65. The number of urea groups is 1. The van der Waals surface area contributed by atoms with Gasteiger partial charge in [0.15, 0.2) is 0 Å². The van der Waals surface area contributed by atoms with Gasteiger partial charge in [0.25, 0.3) is 0 Å². The molecule has 0 radical (unpaired) electrons. The Morgan fingerprint density at radius 1 is 1.16 bits per heavy atom. The lowest BCUT2D eigenvalue weighted by atomic mass is 9.85. The molecule has 2 heterocycles. The van der Waals surface area contributed by atoms with Crippen LogP contribution in [0.4, 0.5) is 10.5 Å². The molecule has 3 atom stereocenters. The predicted octanol–water partition coefficient (Wildman–Crippen LogP) is 3.90. The van der Waals surface area contributed by atoms with E-state index in [2.05, 4.69) is 5.32 Å². The number of benzene rings is 1. The van der Waals surface area contributed by atoms with Crippen LogP contribution < -0.4 is 10.1 Å². The number of hydrogen-bond acceptors (Lipinski definition) is 3. The molecule has 1 aromatic rings. The van der Waals surface area contributed by atoms with Gasteiger partial charge in [-0.05, 0) is 55.9 Å². The van der Waals surface area contributed by atoms with Crippen molar-refractivity contribution in [2.24, 2.45) is 11.8 Å². The maximum absolute atomic E-state index is 12.6. The molecular formula is C20H28N2O3. The molecule has 136 valence electrons. The first-order chi connectivity index (χ1) is 12.3. The molecule has 5 heteroatoms. The molecule has 5 nitrogen and oxygen atoms in total. The van der Waals surface area contributed by atoms with E-state index < -0.39 is 0 Å². The molecule has 2 saturated heterocycles. The molecule has 3 aliphatic rings. The Balaban J connectivity index is 1.29. The monoisotopic (exact) mass is 344 g/mol. The van der Waals surface area contributed by atoms with Gasteiger partial charge in [0.05, 0.1) is 13.2 Å². The lowest BCUT2D eigenvalue weighted by Gasteiger charge is -2.31. The Labute approximate surface area is 149 Å². The maximum atomic E-state index is 12.6. The van der Waals surface area contributed by atoms with Gasteiger partial charge in [-0.2, -0.15) is 0 Å². The van der Waals surface area contributed by atoms with Gasteiger partial charge in [-0.1, -0.05) is 12.8 Å². The third-order valence-corrected chi connectivity index (χ3v) is 5.89. The first-order valence-electron chi connectivity index (χ1n) is 9.68. The summed E-state index contributed by atoms with van der Waals surface area (Å²) in [4.78, 5) is 14.7. The molecule has 0 bridgehead atoms. The van der Waals surface area contributed by atoms with E-state index >= 15 is 0 Å². The zero-order valence-electron chi connectivity index (χ0n) is 14.8. The van der Waals surface area contributed by atoms with E-state index in [-0.39, 0.29) is 6.03 Å². The molecule has 25 heavy (non-hydrogen) atoms. The molecule has 0 unspecified atom stereocenters. The summed E-state index contributed by atoms with van der Waals surface area (Å²) in [7, 11) is 0. The van der Waals surface area contributed by atoms with Crippen LogP contribution in [0.1, 0.15) is 38.5 Å². The lowest BCUT2D eigenvalue weighted by molar-refractivity contribution is 0.167. The molecule has 3 fully saturated rings. The predicted molar refractivity (Wildman–Crippen MR) is 97.0 cm³/mol. The Bertz CT molecular complexity index is 583. The number of nitrogens with one attached hydrogen (secondary N) is 1. The van der Waals surface area contributed by atoms with E-state index in [1.54, 1.807) is 0 Å². The molecule has 0 aromatic heterocycles. The van der Waals surface area contributed by atoms with Gasteiger partial charge in [-0.15, -0.1) is 0 Å². The summed E-state index contributed by atoms with van der Waals surface area (Å²) >= 11 is 0. The number of ether oxygens (including phenoxy) is 2. The van der Waals surface area contributed by atoms with E-state index in [0.717, 1.165) is 56.4 Å². The van der Waals surface area contributed by atoms with Crippen LogP contribution >= 0.6 is 0 Å². The largest absolute Gasteiger partial charge is 0.493 e. The number of carbonyl (C=O) groups is 1. The van der Waals surface area contributed by atoms with Crippen LogP contribution in [0.15, 0.2) is 24.3 Å². The number of anilines is 1. The van der Waals surface area contributed by atoms with Gasteiger partial charge in [0.1, 0.15) is 5.75 Å². The number of likely N-dealkylation sites (tertiary alicyclic amines) is 1. The fourth-order valence-corrected chi connectivity index (χ4v) is 4.42. The second-order valence-corrected chi connectivity index (χ2v) is 7.59. The summed E-state index contributed by atoms with van der Waals surface area (Å²) in [6.07, 6.45) is 7.26. The molecule has 0 spiro atoms. The Hall–Kier alpha value is -1.75. The molecule has 2 aliphatic heterocycles. The standard InChI is InChI=1S/C20H28N2O3/c23-20(22-11-9-16-3-1-2-4-19(16)22)21-17-5-7-18(8-6-17)25-14-15-10-12-24-13-15/h5-8,15-16,19H,1-4,9-14H2,(H,21,23)/t15-,16+,19+/m1/s1. The summed E-state index contributed by atoms with van der Waals surface area (Å²) in [6, 6.07) is 8.20. The zero-order chi connectivity index (χ0) is 17.1. The van der Waals surface area contributed by atoms with Crippen molar-refractivity contribution in [3.63, 3.8) is 0 Å². The SMILES string of the molecule is O=C(Nc1ccc(OC[C@@H]2CCOC2)cc1)N1CC[C@@H]2CCCC[C@@H]21. The summed E-state index contributed by atoms with van der Waals surface area (Å²) in [6.45, 7) is 3.23. The van der Waals surface area contributed by atoms with Crippen molar-refractivity contribution in [3.8, 4) is 5.75 Å². The lowest BCUT2D eigenvalue weighted by Crippen LogP contribution is -2.41. The minimum atomic E-state index is 0.0474. The van der Waals surface area contributed by atoms with Crippen molar-refractivity contribution >= 4 is 11.7 Å². The van der Waals surface area contributed by atoms with Crippen molar-refractivity contribution in [3.05, 3.63) is 24.3 Å². The fraction of sp³-hybridized carbons (Fsp3) is 0.650. The van der Waals surface area contributed by atoms with Crippen LogP contribution in [-0.4, -0.2) is 43.3 Å². The van der Waals surface area contributed by atoms with Crippen LogP contribution in [0.3, 0.4) is 0 Å². The average molecular weight is 344 g/mol. The van der Waals surface area contributed by atoms with Gasteiger partial charge in [0.2, 0.25) is 0 Å². The average Bonchev–Trinajstić information content (AvgIpc) is 3.31. The number of carbonyl (C=O) groups excluding carboxylic acids is 1. The number of fused-ring (bicyclic) bond motifs is 1. The summed E-state index contributed by atoms with van der Waals surface area (Å²) in [5, 5.41) is 3.05.